The van der Waals surface area contributed by atoms with Gasteiger partial charge in [-0.2, -0.15) is 4.98 Å². The summed E-state index contributed by atoms with van der Waals surface area (Å²) in [5.74, 6) is 1.79. The Morgan fingerprint density at radius 3 is 2.48 bits per heavy atom. The highest BCUT2D eigenvalue weighted by Gasteiger charge is 2.24. The molecule has 1 saturated heterocycles. The zero-order valence-corrected chi connectivity index (χ0v) is 19.0. The van der Waals surface area contributed by atoms with E-state index in [0.29, 0.717) is 19.1 Å². The Balaban J connectivity index is 1.39. The molecule has 7 nitrogen and oxygen atoms in total. The smallest absolute Gasteiger partial charge is 0.254 e. The van der Waals surface area contributed by atoms with Crippen molar-refractivity contribution >= 4 is 23.4 Å². The molecule has 4 rings (SSSR count). The average molecular weight is 423 g/mol. The van der Waals surface area contributed by atoms with E-state index >= 15 is 0 Å². The highest BCUT2D eigenvalue weighted by atomic mass is 16.2. The van der Waals surface area contributed by atoms with Crippen molar-refractivity contribution in [2.24, 2.45) is 0 Å². The number of hydrogen-bond acceptors (Lipinski definition) is 6. The minimum Gasteiger partial charge on any atom is -0.378 e. The molecular weight excluding hydrogens is 388 g/mol. The minimum atomic E-state index is 0.0990. The fourth-order valence-corrected chi connectivity index (χ4v) is 4.45. The van der Waals surface area contributed by atoms with Gasteiger partial charge in [-0.1, -0.05) is 25.3 Å². The largest absolute Gasteiger partial charge is 0.378 e. The first-order chi connectivity index (χ1) is 15.0. The molecule has 0 unspecified atom stereocenters. The summed E-state index contributed by atoms with van der Waals surface area (Å²) in [7, 11) is 3.98. The van der Waals surface area contributed by atoms with Crippen molar-refractivity contribution in [1.82, 2.24) is 14.9 Å². The van der Waals surface area contributed by atoms with Crippen LogP contribution in [0, 0.1) is 6.92 Å². The molecule has 31 heavy (non-hydrogen) atoms. The fourth-order valence-electron chi connectivity index (χ4n) is 4.45. The summed E-state index contributed by atoms with van der Waals surface area (Å²) in [6, 6.07) is 10.4. The molecule has 7 heteroatoms. The van der Waals surface area contributed by atoms with Gasteiger partial charge in [0.2, 0.25) is 5.95 Å². The maximum atomic E-state index is 13.0. The van der Waals surface area contributed by atoms with Gasteiger partial charge in [-0.3, -0.25) is 4.79 Å². The van der Waals surface area contributed by atoms with Crippen LogP contribution in [-0.2, 0) is 0 Å². The third-order valence-electron chi connectivity index (χ3n) is 6.28. The summed E-state index contributed by atoms with van der Waals surface area (Å²) in [5, 5.41) is 3.55. The van der Waals surface area contributed by atoms with Crippen molar-refractivity contribution in [2.75, 3.05) is 55.4 Å². The summed E-state index contributed by atoms with van der Waals surface area (Å²) in [4.78, 5) is 28.6. The standard InChI is InChI=1S/C24H34N6O/c1-18-16-22(27-24(25-18)26-20-9-5-4-6-10-20)29-12-14-30(15-13-29)23(31)19-8-7-11-21(17-19)28(2)3/h7-8,11,16-17,20H,4-6,9-10,12-15H2,1-3H3,(H,25,26,27). The van der Waals surface area contributed by atoms with Crippen LogP contribution in [0.5, 0.6) is 0 Å². The molecule has 0 spiro atoms. The van der Waals surface area contributed by atoms with Crippen molar-refractivity contribution in [3.05, 3.63) is 41.6 Å². The van der Waals surface area contributed by atoms with Crippen molar-refractivity contribution in [3.8, 4) is 0 Å². The summed E-state index contributed by atoms with van der Waals surface area (Å²) in [6.45, 7) is 4.96. The molecule has 1 aliphatic carbocycles. The number of carbonyl (C=O) groups is 1. The van der Waals surface area contributed by atoms with Crippen molar-refractivity contribution in [3.63, 3.8) is 0 Å². The molecule has 2 aromatic rings. The molecule has 1 aromatic heterocycles. The topological polar surface area (TPSA) is 64.6 Å². The lowest BCUT2D eigenvalue weighted by atomic mass is 9.96. The van der Waals surface area contributed by atoms with Crippen LogP contribution < -0.4 is 15.1 Å². The molecule has 2 aliphatic rings. The third-order valence-corrected chi connectivity index (χ3v) is 6.28. The predicted molar refractivity (Wildman–Crippen MR) is 126 cm³/mol. The molecule has 2 heterocycles. The van der Waals surface area contributed by atoms with Crippen molar-refractivity contribution < 1.29 is 4.79 Å². The summed E-state index contributed by atoms with van der Waals surface area (Å²) >= 11 is 0. The van der Waals surface area contributed by atoms with Crippen LogP contribution in [-0.4, -0.2) is 67.1 Å². The maximum Gasteiger partial charge on any atom is 0.254 e. The minimum absolute atomic E-state index is 0.0990. The number of amides is 1. The summed E-state index contributed by atoms with van der Waals surface area (Å²) < 4.78 is 0. The molecule has 0 radical (unpaired) electrons. The monoisotopic (exact) mass is 422 g/mol. The van der Waals surface area contributed by atoms with Crippen LogP contribution in [0.3, 0.4) is 0 Å². The third kappa shape index (κ3) is 5.27. The molecule has 1 aromatic carbocycles. The number of nitrogens with zero attached hydrogens (tertiary/aromatic N) is 5. The van der Waals surface area contributed by atoms with Gasteiger partial charge >= 0.3 is 0 Å². The van der Waals surface area contributed by atoms with Gasteiger partial charge in [-0.25, -0.2) is 4.98 Å². The Morgan fingerprint density at radius 2 is 1.77 bits per heavy atom. The van der Waals surface area contributed by atoms with E-state index in [2.05, 4.69) is 15.2 Å². The highest BCUT2D eigenvalue weighted by molar-refractivity contribution is 5.95. The maximum absolute atomic E-state index is 13.0. The Kier molecular flexibility index (Phi) is 6.59. The second kappa shape index (κ2) is 9.54. The Hall–Kier alpha value is -2.83. The van der Waals surface area contributed by atoms with E-state index in [-0.39, 0.29) is 5.91 Å². The van der Waals surface area contributed by atoms with Crippen molar-refractivity contribution in [2.45, 2.75) is 45.1 Å². The molecular formula is C24H34N6O. The Labute approximate surface area is 185 Å². The molecule has 1 amide bonds. The van der Waals surface area contributed by atoms with Gasteiger partial charge < -0.3 is 20.0 Å². The summed E-state index contributed by atoms with van der Waals surface area (Å²) in [5.41, 5.74) is 2.76. The van der Waals surface area contributed by atoms with E-state index in [1.165, 1.54) is 32.1 Å². The number of nitrogens with one attached hydrogen (secondary N) is 1. The van der Waals surface area contributed by atoms with Gasteiger partial charge in [-0.15, -0.1) is 0 Å². The highest BCUT2D eigenvalue weighted by Crippen LogP contribution is 2.23. The second-order valence-corrected chi connectivity index (χ2v) is 8.89. The lowest BCUT2D eigenvalue weighted by Crippen LogP contribution is -2.49. The molecule has 2 fully saturated rings. The van der Waals surface area contributed by atoms with Gasteiger partial charge in [0.25, 0.3) is 5.91 Å². The number of rotatable bonds is 5. The van der Waals surface area contributed by atoms with E-state index in [1.807, 2.05) is 61.2 Å². The number of aryl methyl sites for hydroxylation is 1. The predicted octanol–water partition coefficient (Wildman–Crippen LogP) is 3.56. The quantitative estimate of drug-likeness (QED) is 0.795. The first kappa shape index (κ1) is 21.4. The SMILES string of the molecule is Cc1cc(N2CCN(C(=O)c3cccc(N(C)C)c3)CC2)nc(NC2CCCCC2)n1. The first-order valence-corrected chi connectivity index (χ1v) is 11.4. The zero-order chi connectivity index (χ0) is 21.8. The van der Waals surface area contributed by atoms with Crippen LogP contribution >= 0.6 is 0 Å². The van der Waals surface area contributed by atoms with E-state index in [1.54, 1.807) is 0 Å². The summed E-state index contributed by atoms with van der Waals surface area (Å²) in [6.07, 6.45) is 6.29. The zero-order valence-electron chi connectivity index (χ0n) is 19.0. The number of hydrogen-bond donors (Lipinski definition) is 1. The molecule has 1 N–H and O–H groups in total. The van der Waals surface area contributed by atoms with Gasteiger partial charge in [0.15, 0.2) is 0 Å². The number of carbonyl (C=O) groups excluding carboxylic acids is 1. The second-order valence-electron chi connectivity index (χ2n) is 8.89. The van der Waals surface area contributed by atoms with Crippen LogP contribution in [0.1, 0.15) is 48.2 Å². The van der Waals surface area contributed by atoms with E-state index in [9.17, 15) is 4.79 Å². The first-order valence-electron chi connectivity index (χ1n) is 11.4. The Bertz CT molecular complexity index is 901. The Morgan fingerprint density at radius 1 is 1.03 bits per heavy atom. The molecule has 166 valence electrons. The molecule has 1 saturated carbocycles. The van der Waals surface area contributed by atoms with Crippen LogP contribution in [0.2, 0.25) is 0 Å². The van der Waals surface area contributed by atoms with Crippen molar-refractivity contribution in [1.29, 1.82) is 0 Å². The normalized spacial score (nSPS) is 17.5. The lowest BCUT2D eigenvalue weighted by Gasteiger charge is -2.35. The van der Waals surface area contributed by atoms with Gasteiger partial charge in [0, 0.05) is 69.3 Å². The number of benzene rings is 1. The van der Waals surface area contributed by atoms with Gasteiger partial charge in [-0.05, 0) is 38.0 Å². The van der Waals surface area contributed by atoms with Crippen LogP contribution in [0.25, 0.3) is 0 Å². The van der Waals surface area contributed by atoms with E-state index in [0.717, 1.165) is 41.8 Å². The lowest BCUT2D eigenvalue weighted by molar-refractivity contribution is 0.0746. The van der Waals surface area contributed by atoms with E-state index < -0.39 is 0 Å². The number of anilines is 3. The fraction of sp³-hybridized carbons (Fsp3) is 0.542. The van der Waals surface area contributed by atoms with Crippen LogP contribution in [0.15, 0.2) is 30.3 Å². The number of piperazine rings is 1. The van der Waals surface area contributed by atoms with Crippen LogP contribution in [0.4, 0.5) is 17.5 Å². The number of aromatic nitrogens is 2. The van der Waals surface area contributed by atoms with Gasteiger partial charge in [0.05, 0.1) is 0 Å². The van der Waals surface area contributed by atoms with E-state index in [4.69, 9.17) is 4.98 Å². The molecule has 1 aliphatic heterocycles. The van der Waals surface area contributed by atoms with Gasteiger partial charge in [0.1, 0.15) is 5.82 Å². The molecule has 0 atom stereocenters. The average Bonchev–Trinajstić information content (AvgIpc) is 2.79. The molecule has 0 bridgehead atoms.